The molecule has 2 saturated carbocycles. The molecule has 2 atom stereocenters. The molecule has 2 heterocycles. The van der Waals surface area contributed by atoms with Crippen molar-refractivity contribution < 1.29 is 14.4 Å². The summed E-state index contributed by atoms with van der Waals surface area (Å²) in [5.74, 6) is 1.01. The van der Waals surface area contributed by atoms with Crippen LogP contribution in [-0.4, -0.2) is 52.3 Å². The van der Waals surface area contributed by atoms with E-state index in [2.05, 4.69) is 15.4 Å². The molecule has 1 aromatic rings. The minimum absolute atomic E-state index is 0.204. The fourth-order valence-corrected chi connectivity index (χ4v) is 2.89. The van der Waals surface area contributed by atoms with Crippen LogP contribution in [0.5, 0.6) is 0 Å². The lowest BCUT2D eigenvalue weighted by atomic mass is 10.2. The highest BCUT2D eigenvalue weighted by atomic mass is 16.5. The second-order valence-corrected chi connectivity index (χ2v) is 6.22. The topological polar surface area (TPSA) is 78.6 Å². The van der Waals surface area contributed by atoms with Gasteiger partial charge in [-0.05, 0) is 25.7 Å². The Morgan fingerprint density at radius 2 is 2.15 bits per heavy atom. The average Bonchev–Trinajstić information content (AvgIpc) is 3.36. The minimum Gasteiger partial charge on any atom is -0.390 e. The summed E-state index contributed by atoms with van der Waals surface area (Å²) < 4.78 is 5.19. The van der Waals surface area contributed by atoms with Crippen molar-refractivity contribution in [3.05, 3.63) is 17.5 Å². The van der Waals surface area contributed by atoms with Gasteiger partial charge in [0.05, 0.1) is 12.1 Å². The number of rotatable bonds is 4. The Hall–Kier alpha value is -1.40. The van der Waals surface area contributed by atoms with Gasteiger partial charge in [-0.25, -0.2) is 0 Å². The Balaban J connectivity index is 1.38. The van der Waals surface area contributed by atoms with E-state index in [0.717, 1.165) is 25.1 Å². The Labute approximate surface area is 117 Å². The molecule has 0 bridgehead atoms. The maximum absolute atomic E-state index is 12.1. The zero-order chi connectivity index (χ0) is 13.7. The molecule has 3 aliphatic rings. The second-order valence-electron chi connectivity index (χ2n) is 6.22. The van der Waals surface area contributed by atoms with Gasteiger partial charge in [-0.1, -0.05) is 5.16 Å². The lowest BCUT2D eigenvalue weighted by Crippen LogP contribution is -2.43. The summed E-state index contributed by atoms with van der Waals surface area (Å²) in [6, 6.07) is 2.14. The highest BCUT2D eigenvalue weighted by Gasteiger charge is 2.40. The molecule has 0 unspecified atom stereocenters. The highest BCUT2D eigenvalue weighted by molar-refractivity contribution is 5.92. The van der Waals surface area contributed by atoms with Crippen molar-refractivity contribution in [1.29, 1.82) is 0 Å². The average molecular weight is 277 g/mol. The van der Waals surface area contributed by atoms with Gasteiger partial charge in [-0.2, -0.15) is 0 Å². The monoisotopic (exact) mass is 277 g/mol. The number of hydrogen-bond donors (Lipinski definition) is 2. The van der Waals surface area contributed by atoms with Crippen LogP contribution in [0, 0.1) is 0 Å². The van der Waals surface area contributed by atoms with Crippen LogP contribution in [0.2, 0.25) is 0 Å². The third kappa shape index (κ3) is 2.33. The number of nitrogens with one attached hydrogen (secondary N) is 1. The lowest BCUT2D eigenvalue weighted by Gasteiger charge is -2.15. The molecule has 1 aliphatic heterocycles. The third-order valence-corrected chi connectivity index (χ3v) is 4.44. The summed E-state index contributed by atoms with van der Waals surface area (Å²) in [7, 11) is 0. The largest absolute Gasteiger partial charge is 0.390 e. The quantitative estimate of drug-likeness (QED) is 0.837. The number of carbonyl (C=O) groups is 1. The van der Waals surface area contributed by atoms with E-state index < -0.39 is 6.10 Å². The first-order chi connectivity index (χ1) is 9.70. The predicted octanol–water partition coefficient (Wildman–Crippen LogP) is 0.489. The van der Waals surface area contributed by atoms with Crippen molar-refractivity contribution in [2.75, 3.05) is 13.1 Å². The molecule has 2 aliphatic carbocycles. The Kier molecular flexibility index (Phi) is 2.82. The molecule has 4 rings (SSSR count). The van der Waals surface area contributed by atoms with E-state index in [1.54, 1.807) is 6.07 Å². The number of hydrogen-bond acceptors (Lipinski definition) is 5. The molecule has 6 heteroatoms. The molecule has 1 aromatic heterocycles. The van der Waals surface area contributed by atoms with Crippen molar-refractivity contribution in [1.82, 2.24) is 15.4 Å². The molecule has 1 amide bonds. The molecule has 3 fully saturated rings. The zero-order valence-corrected chi connectivity index (χ0v) is 11.3. The number of carbonyl (C=O) groups excluding carboxylic acids is 1. The Bertz CT molecular complexity index is 521. The number of likely N-dealkylation sites (tertiary alicyclic amines) is 1. The summed E-state index contributed by atoms with van der Waals surface area (Å²) in [6.07, 6.45) is 4.17. The van der Waals surface area contributed by atoms with Gasteiger partial charge < -0.3 is 14.9 Å². The van der Waals surface area contributed by atoms with Crippen molar-refractivity contribution in [3.8, 4) is 0 Å². The Morgan fingerprint density at radius 3 is 2.85 bits per heavy atom. The van der Waals surface area contributed by atoms with Gasteiger partial charge in [0, 0.05) is 31.1 Å². The predicted molar refractivity (Wildman–Crippen MR) is 70.3 cm³/mol. The molecule has 1 saturated heterocycles. The van der Waals surface area contributed by atoms with E-state index in [-0.39, 0.29) is 11.9 Å². The number of β-amino-alcohol motifs (C(OH)–C–C–N with tert-alkyl or cyclic N) is 1. The summed E-state index contributed by atoms with van der Waals surface area (Å²) in [6.45, 7) is 1.38. The number of aliphatic hydroxyl groups is 1. The van der Waals surface area contributed by atoms with Crippen molar-refractivity contribution in [3.63, 3.8) is 0 Å². The minimum atomic E-state index is -0.491. The van der Waals surface area contributed by atoms with Gasteiger partial charge in [0.2, 0.25) is 0 Å². The van der Waals surface area contributed by atoms with Crippen LogP contribution in [0.1, 0.15) is 47.8 Å². The third-order valence-electron chi connectivity index (χ3n) is 4.44. The molecule has 20 heavy (non-hydrogen) atoms. The van der Waals surface area contributed by atoms with Crippen LogP contribution in [0.15, 0.2) is 10.6 Å². The molecule has 0 aromatic carbocycles. The fraction of sp³-hybridized carbons (Fsp3) is 0.714. The van der Waals surface area contributed by atoms with Crippen LogP contribution < -0.4 is 5.32 Å². The number of aliphatic hydroxyl groups excluding tert-OH is 1. The second kappa shape index (κ2) is 4.56. The normalized spacial score (nSPS) is 30.6. The molecular formula is C14H19N3O3. The lowest BCUT2D eigenvalue weighted by molar-refractivity contribution is 0.0879. The summed E-state index contributed by atoms with van der Waals surface area (Å²) in [5, 5.41) is 16.7. The maximum atomic E-state index is 12.1. The summed E-state index contributed by atoms with van der Waals surface area (Å²) in [5.41, 5.74) is 0.323. The first-order valence-electron chi connectivity index (χ1n) is 7.40. The molecule has 0 radical (unpaired) electrons. The highest BCUT2D eigenvalue weighted by Crippen LogP contribution is 2.40. The van der Waals surface area contributed by atoms with E-state index in [1.165, 1.54) is 12.8 Å². The van der Waals surface area contributed by atoms with Gasteiger partial charge in [-0.3, -0.25) is 9.69 Å². The number of aromatic nitrogens is 1. The fourth-order valence-electron chi connectivity index (χ4n) is 2.89. The van der Waals surface area contributed by atoms with Crippen LogP contribution in [0.3, 0.4) is 0 Å². The standard InChI is InChI=1S/C14H19N3O3/c18-12-7-17(9-3-4-9)6-11(12)15-14(19)10-5-13(20-16-10)8-1-2-8/h5,8-9,11-12,18H,1-4,6-7H2,(H,15,19)/t11-,12-/m0/s1. The van der Waals surface area contributed by atoms with Crippen LogP contribution in [0.4, 0.5) is 0 Å². The molecule has 0 spiro atoms. The number of nitrogens with zero attached hydrogens (tertiary/aromatic N) is 2. The van der Waals surface area contributed by atoms with E-state index in [0.29, 0.717) is 24.2 Å². The van der Waals surface area contributed by atoms with Crippen molar-refractivity contribution in [2.45, 2.75) is 49.8 Å². The SMILES string of the molecule is O=C(N[C@H]1CN(C2CC2)C[C@@H]1O)c1cc(C2CC2)on1. The van der Waals surface area contributed by atoms with E-state index in [9.17, 15) is 9.90 Å². The van der Waals surface area contributed by atoms with E-state index >= 15 is 0 Å². The molecule has 6 nitrogen and oxygen atoms in total. The number of amides is 1. The maximum Gasteiger partial charge on any atom is 0.273 e. The molecule has 108 valence electrons. The van der Waals surface area contributed by atoms with Gasteiger partial charge in [0.25, 0.3) is 5.91 Å². The van der Waals surface area contributed by atoms with Crippen LogP contribution >= 0.6 is 0 Å². The van der Waals surface area contributed by atoms with Gasteiger partial charge >= 0.3 is 0 Å². The smallest absolute Gasteiger partial charge is 0.273 e. The zero-order valence-electron chi connectivity index (χ0n) is 11.3. The van der Waals surface area contributed by atoms with Gasteiger partial charge in [-0.15, -0.1) is 0 Å². The van der Waals surface area contributed by atoms with Crippen LogP contribution in [-0.2, 0) is 0 Å². The van der Waals surface area contributed by atoms with Gasteiger partial charge in [0.15, 0.2) is 5.69 Å². The first kappa shape index (κ1) is 12.3. The summed E-state index contributed by atoms with van der Waals surface area (Å²) in [4.78, 5) is 14.4. The Morgan fingerprint density at radius 1 is 1.35 bits per heavy atom. The van der Waals surface area contributed by atoms with Crippen molar-refractivity contribution in [2.24, 2.45) is 0 Å². The van der Waals surface area contributed by atoms with Gasteiger partial charge in [0.1, 0.15) is 5.76 Å². The van der Waals surface area contributed by atoms with E-state index in [1.807, 2.05) is 0 Å². The van der Waals surface area contributed by atoms with E-state index in [4.69, 9.17) is 4.52 Å². The van der Waals surface area contributed by atoms with Crippen LogP contribution in [0.25, 0.3) is 0 Å². The first-order valence-corrected chi connectivity index (χ1v) is 7.40. The molecular weight excluding hydrogens is 258 g/mol. The molecule has 2 N–H and O–H groups in total. The summed E-state index contributed by atoms with van der Waals surface area (Å²) >= 11 is 0. The van der Waals surface area contributed by atoms with Crippen molar-refractivity contribution >= 4 is 5.91 Å².